The quantitative estimate of drug-likeness (QED) is 0.489. The van der Waals surface area contributed by atoms with Crippen LogP contribution in [0.2, 0.25) is 0 Å². The first-order valence-electron chi connectivity index (χ1n) is 10.4. The van der Waals surface area contributed by atoms with Gasteiger partial charge in [0.15, 0.2) is 5.82 Å². The van der Waals surface area contributed by atoms with Crippen molar-refractivity contribution in [2.45, 2.75) is 20.3 Å². The third-order valence-corrected chi connectivity index (χ3v) is 5.21. The predicted octanol–water partition coefficient (Wildman–Crippen LogP) is 4.47. The summed E-state index contributed by atoms with van der Waals surface area (Å²) in [7, 11) is 1.77. The maximum Gasteiger partial charge on any atom is 0.253 e. The Morgan fingerprint density at radius 3 is 2.62 bits per heavy atom. The standard InChI is InChI=1S/C25H24N4O3/c1-16(30)26-21-8-4-6-19(15-21)22-9-5-7-18-14-20(10-11-23(18)22)25(31)29(3)13-12-24-27-17(2)32-28-24/h4-11,14-15H,12-13H2,1-3H3,(H,26,30). The lowest BCUT2D eigenvalue weighted by Crippen LogP contribution is -2.29. The molecular weight excluding hydrogens is 404 g/mol. The minimum Gasteiger partial charge on any atom is -0.341 e. The van der Waals surface area contributed by atoms with Gasteiger partial charge in [-0.2, -0.15) is 4.98 Å². The summed E-state index contributed by atoms with van der Waals surface area (Å²) in [5.41, 5.74) is 3.40. The van der Waals surface area contributed by atoms with Crippen LogP contribution in [0.4, 0.5) is 5.69 Å². The first-order valence-corrected chi connectivity index (χ1v) is 10.4. The molecule has 162 valence electrons. The predicted molar refractivity (Wildman–Crippen MR) is 123 cm³/mol. The largest absolute Gasteiger partial charge is 0.341 e. The highest BCUT2D eigenvalue weighted by Crippen LogP contribution is 2.31. The fraction of sp³-hybridized carbons (Fsp3) is 0.200. The Kier molecular flexibility index (Phi) is 5.98. The third kappa shape index (κ3) is 4.67. The molecular formula is C25H24N4O3. The summed E-state index contributed by atoms with van der Waals surface area (Å²) in [6, 6.07) is 19.5. The van der Waals surface area contributed by atoms with Gasteiger partial charge in [0.2, 0.25) is 11.8 Å². The van der Waals surface area contributed by atoms with Gasteiger partial charge in [-0.15, -0.1) is 0 Å². The van der Waals surface area contributed by atoms with Crippen molar-refractivity contribution in [3.8, 4) is 11.1 Å². The molecule has 0 spiro atoms. The van der Waals surface area contributed by atoms with E-state index in [0.717, 1.165) is 27.6 Å². The van der Waals surface area contributed by atoms with Crippen molar-refractivity contribution >= 4 is 28.3 Å². The van der Waals surface area contributed by atoms with E-state index < -0.39 is 0 Å². The average Bonchev–Trinajstić information content (AvgIpc) is 3.21. The number of anilines is 1. The summed E-state index contributed by atoms with van der Waals surface area (Å²) in [6.07, 6.45) is 0.530. The number of benzene rings is 3. The van der Waals surface area contributed by atoms with Gasteiger partial charge in [-0.3, -0.25) is 9.59 Å². The maximum absolute atomic E-state index is 12.9. The number of hydrogen-bond donors (Lipinski definition) is 1. The Morgan fingerprint density at radius 1 is 1.06 bits per heavy atom. The first-order chi connectivity index (χ1) is 15.4. The van der Waals surface area contributed by atoms with E-state index in [4.69, 9.17) is 4.52 Å². The van der Waals surface area contributed by atoms with E-state index in [1.54, 1.807) is 18.9 Å². The highest BCUT2D eigenvalue weighted by molar-refractivity contribution is 6.03. The molecule has 0 unspecified atom stereocenters. The molecule has 0 aliphatic heterocycles. The molecule has 0 aliphatic carbocycles. The number of amides is 2. The molecule has 1 aromatic heterocycles. The van der Waals surface area contributed by atoms with Gasteiger partial charge in [-0.1, -0.05) is 41.6 Å². The number of rotatable bonds is 6. The molecule has 7 nitrogen and oxygen atoms in total. The highest BCUT2D eigenvalue weighted by atomic mass is 16.5. The Balaban J connectivity index is 1.57. The number of fused-ring (bicyclic) bond motifs is 1. The van der Waals surface area contributed by atoms with Crippen LogP contribution in [0, 0.1) is 6.92 Å². The van der Waals surface area contributed by atoms with Crippen molar-refractivity contribution in [3.63, 3.8) is 0 Å². The van der Waals surface area contributed by atoms with Gasteiger partial charge in [0, 0.05) is 45.1 Å². The lowest BCUT2D eigenvalue weighted by Gasteiger charge is -2.17. The van der Waals surface area contributed by atoms with Gasteiger partial charge >= 0.3 is 0 Å². The third-order valence-electron chi connectivity index (χ3n) is 5.21. The first kappa shape index (κ1) is 21.2. The van der Waals surface area contributed by atoms with Crippen molar-refractivity contribution < 1.29 is 14.1 Å². The van der Waals surface area contributed by atoms with Gasteiger partial charge < -0.3 is 14.7 Å². The average molecular weight is 428 g/mol. The summed E-state index contributed by atoms with van der Waals surface area (Å²) >= 11 is 0. The van der Waals surface area contributed by atoms with E-state index in [9.17, 15) is 9.59 Å². The topological polar surface area (TPSA) is 88.3 Å². The van der Waals surface area contributed by atoms with E-state index >= 15 is 0 Å². The second kappa shape index (κ2) is 9.01. The zero-order valence-corrected chi connectivity index (χ0v) is 18.3. The molecule has 4 aromatic rings. The van der Waals surface area contributed by atoms with Crippen LogP contribution < -0.4 is 5.32 Å². The number of nitrogens with zero attached hydrogens (tertiary/aromatic N) is 3. The summed E-state index contributed by atoms with van der Waals surface area (Å²) < 4.78 is 4.98. The summed E-state index contributed by atoms with van der Waals surface area (Å²) in [5.74, 6) is 0.931. The number of aromatic nitrogens is 2. The van der Waals surface area contributed by atoms with E-state index in [1.165, 1.54) is 6.92 Å². The number of hydrogen-bond acceptors (Lipinski definition) is 5. The van der Waals surface area contributed by atoms with Crippen molar-refractivity contribution in [3.05, 3.63) is 77.9 Å². The molecule has 1 heterocycles. The lowest BCUT2D eigenvalue weighted by molar-refractivity contribution is -0.114. The van der Waals surface area contributed by atoms with Crippen LogP contribution in [-0.2, 0) is 11.2 Å². The SMILES string of the molecule is CC(=O)Nc1cccc(-c2cccc3cc(C(=O)N(C)CCc4noc(C)n4)ccc23)c1. The second-order valence-corrected chi connectivity index (χ2v) is 7.71. The lowest BCUT2D eigenvalue weighted by atomic mass is 9.96. The molecule has 0 bridgehead atoms. The normalized spacial score (nSPS) is 10.8. The minimum absolute atomic E-state index is 0.0647. The Hall–Kier alpha value is -4.00. The van der Waals surface area contributed by atoms with Crippen LogP contribution in [0.15, 0.2) is 65.2 Å². The monoisotopic (exact) mass is 428 g/mol. The number of carbonyl (C=O) groups excluding carboxylic acids is 2. The molecule has 0 saturated carbocycles. The van der Waals surface area contributed by atoms with Gasteiger partial charge in [0.25, 0.3) is 5.91 Å². The van der Waals surface area contributed by atoms with E-state index in [-0.39, 0.29) is 11.8 Å². The summed E-state index contributed by atoms with van der Waals surface area (Å²) in [5, 5.41) is 8.70. The molecule has 4 rings (SSSR count). The van der Waals surface area contributed by atoms with Crippen molar-refractivity contribution in [2.75, 3.05) is 18.9 Å². The zero-order chi connectivity index (χ0) is 22.7. The van der Waals surface area contributed by atoms with Crippen LogP contribution in [0.1, 0.15) is 29.0 Å². The van der Waals surface area contributed by atoms with Crippen molar-refractivity contribution in [1.29, 1.82) is 0 Å². The van der Waals surface area contributed by atoms with Gasteiger partial charge in [0.05, 0.1) is 0 Å². The molecule has 0 fully saturated rings. The van der Waals surface area contributed by atoms with Crippen molar-refractivity contribution in [1.82, 2.24) is 15.0 Å². The van der Waals surface area contributed by atoms with Gasteiger partial charge in [0.1, 0.15) is 0 Å². The minimum atomic E-state index is -0.109. The highest BCUT2D eigenvalue weighted by Gasteiger charge is 2.14. The molecule has 0 radical (unpaired) electrons. The van der Waals surface area contributed by atoms with Crippen LogP contribution in [-0.4, -0.2) is 40.4 Å². The molecule has 7 heteroatoms. The number of likely N-dealkylation sites (N-methyl/N-ethyl adjacent to an activating group) is 1. The smallest absolute Gasteiger partial charge is 0.253 e. The molecule has 3 aromatic carbocycles. The molecule has 1 N–H and O–H groups in total. The van der Waals surface area contributed by atoms with Crippen LogP contribution >= 0.6 is 0 Å². The van der Waals surface area contributed by atoms with Gasteiger partial charge in [-0.05, 0) is 46.2 Å². The zero-order valence-electron chi connectivity index (χ0n) is 18.3. The van der Waals surface area contributed by atoms with E-state index in [2.05, 4.69) is 15.5 Å². The van der Waals surface area contributed by atoms with Crippen LogP contribution in [0.3, 0.4) is 0 Å². The number of carbonyl (C=O) groups is 2. The molecule has 0 saturated heterocycles. The van der Waals surface area contributed by atoms with E-state index in [1.807, 2.05) is 60.7 Å². The molecule has 2 amide bonds. The molecule has 0 atom stereocenters. The molecule has 0 aliphatic rings. The van der Waals surface area contributed by atoms with Crippen LogP contribution in [0.5, 0.6) is 0 Å². The Bertz CT molecular complexity index is 1300. The summed E-state index contributed by atoms with van der Waals surface area (Å²) in [4.78, 5) is 30.2. The Labute approximate surface area is 186 Å². The summed E-state index contributed by atoms with van der Waals surface area (Å²) in [6.45, 7) is 3.72. The number of nitrogens with one attached hydrogen (secondary N) is 1. The maximum atomic E-state index is 12.9. The van der Waals surface area contributed by atoms with E-state index in [0.29, 0.717) is 30.2 Å². The van der Waals surface area contributed by atoms with Crippen molar-refractivity contribution in [2.24, 2.45) is 0 Å². The molecule has 32 heavy (non-hydrogen) atoms. The fourth-order valence-corrected chi connectivity index (χ4v) is 3.67. The fourth-order valence-electron chi connectivity index (χ4n) is 3.67. The second-order valence-electron chi connectivity index (χ2n) is 7.71. The van der Waals surface area contributed by atoms with Crippen LogP contribution in [0.25, 0.3) is 21.9 Å². The number of aryl methyl sites for hydroxylation is 1. The Morgan fingerprint density at radius 2 is 1.88 bits per heavy atom. The van der Waals surface area contributed by atoms with Gasteiger partial charge in [-0.25, -0.2) is 0 Å².